The minimum atomic E-state index is 0.706. The van der Waals surface area contributed by atoms with E-state index in [1.807, 2.05) is 22.9 Å². The van der Waals surface area contributed by atoms with Gasteiger partial charge in [0.25, 0.3) is 0 Å². The molecule has 0 radical (unpaired) electrons. The van der Waals surface area contributed by atoms with Crippen LogP contribution in [0, 0.1) is 0 Å². The fourth-order valence-corrected chi connectivity index (χ4v) is 2.43. The van der Waals surface area contributed by atoms with E-state index in [1.165, 1.54) is 30.4 Å². The average Bonchev–Trinajstić information content (AvgIpc) is 2.96. The highest BCUT2D eigenvalue weighted by molar-refractivity contribution is 5.73. The van der Waals surface area contributed by atoms with Gasteiger partial charge >= 0.3 is 0 Å². The SMILES string of the molecule is O=Cc1cccn1-c1ccc2c(c1)CCC2. The quantitative estimate of drug-likeness (QED) is 0.700. The number of hydrogen-bond acceptors (Lipinski definition) is 1. The van der Waals surface area contributed by atoms with Crippen molar-refractivity contribution in [2.24, 2.45) is 0 Å². The zero-order valence-electron chi connectivity index (χ0n) is 9.02. The summed E-state index contributed by atoms with van der Waals surface area (Å²) in [5.74, 6) is 0. The maximum atomic E-state index is 10.9. The lowest BCUT2D eigenvalue weighted by Gasteiger charge is -2.07. The third kappa shape index (κ3) is 1.38. The van der Waals surface area contributed by atoms with E-state index in [0.29, 0.717) is 5.69 Å². The van der Waals surface area contributed by atoms with E-state index < -0.39 is 0 Å². The van der Waals surface area contributed by atoms with Gasteiger partial charge in [0, 0.05) is 11.9 Å². The summed E-state index contributed by atoms with van der Waals surface area (Å²) in [5, 5.41) is 0. The third-order valence-electron chi connectivity index (χ3n) is 3.26. The Kier molecular flexibility index (Phi) is 2.13. The summed E-state index contributed by atoms with van der Waals surface area (Å²) in [7, 11) is 0. The standard InChI is InChI=1S/C14H13NO/c16-10-14-5-2-8-15(14)13-7-6-11-3-1-4-12(11)9-13/h2,5-10H,1,3-4H2. The van der Waals surface area contributed by atoms with E-state index in [2.05, 4.69) is 18.2 Å². The molecule has 0 unspecified atom stereocenters. The fraction of sp³-hybridized carbons (Fsp3) is 0.214. The average molecular weight is 211 g/mol. The Bertz CT molecular complexity index is 539. The predicted molar refractivity (Wildman–Crippen MR) is 63.2 cm³/mol. The molecule has 1 aliphatic rings. The Morgan fingerprint density at radius 3 is 2.88 bits per heavy atom. The molecule has 2 heteroatoms. The van der Waals surface area contributed by atoms with Crippen molar-refractivity contribution in [2.45, 2.75) is 19.3 Å². The Morgan fingerprint density at radius 2 is 2.00 bits per heavy atom. The number of rotatable bonds is 2. The van der Waals surface area contributed by atoms with Crippen LogP contribution in [0.25, 0.3) is 5.69 Å². The van der Waals surface area contributed by atoms with E-state index in [9.17, 15) is 4.79 Å². The lowest BCUT2D eigenvalue weighted by atomic mass is 10.1. The minimum absolute atomic E-state index is 0.706. The number of hydrogen-bond donors (Lipinski definition) is 0. The molecule has 0 saturated heterocycles. The van der Waals surface area contributed by atoms with Crippen LogP contribution in [0.15, 0.2) is 36.5 Å². The van der Waals surface area contributed by atoms with Crippen molar-refractivity contribution < 1.29 is 4.79 Å². The second-order valence-corrected chi connectivity index (χ2v) is 4.23. The highest BCUT2D eigenvalue weighted by atomic mass is 16.1. The highest BCUT2D eigenvalue weighted by Crippen LogP contribution is 2.24. The first-order valence-electron chi connectivity index (χ1n) is 5.63. The van der Waals surface area contributed by atoms with Crippen LogP contribution >= 0.6 is 0 Å². The molecule has 0 amide bonds. The molecule has 1 aromatic heterocycles. The molecule has 0 aliphatic heterocycles. The van der Waals surface area contributed by atoms with Crippen molar-refractivity contribution in [3.8, 4) is 5.69 Å². The van der Waals surface area contributed by atoms with E-state index in [4.69, 9.17) is 0 Å². The molecule has 2 nitrogen and oxygen atoms in total. The first-order chi connectivity index (χ1) is 7.88. The van der Waals surface area contributed by atoms with Gasteiger partial charge in [-0.15, -0.1) is 0 Å². The second-order valence-electron chi connectivity index (χ2n) is 4.23. The number of benzene rings is 1. The van der Waals surface area contributed by atoms with Crippen LogP contribution in [-0.2, 0) is 12.8 Å². The van der Waals surface area contributed by atoms with Gasteiger partial charge in [0.2, 0.25) is 0 Å². The number of aldehydes is 1. The summed E-state index contributed by atoms with van der Waals surface area (Å²) >= 11 is 0. The van der Waals surface area contributed by atoms with Crippen LogP contribution < -0.4 is 0 Å². The molecule has 0 spiro atoms. The summed E-state index contributed by atoms with van der Waals surface area (Å²) in [5.41, 5.74) is 4.69. The van der Waals surface area contributed by atoms with E-state index in [0.717, 1.165) is 12.0 Å². The summed E-state index contributed by atoms with van der Waals surface area (Å²) in [4.78, 5) is 10.9. The number of aryl methyl sites for hydroxylation is 2. The minimum Gasteiger partial charge on any atom is -0.314 e. The van der Waals surface area contributed by atoms with Gasteiger partial charge in [-0.1, -0.05) is 6.07 Å². The van der Waals surface area contributed by atoms with Crippen molar-refractivity contribution >= 4 is 6.29 Å². The molecule has 0 saturated carbocycles. The smallest absolute Gasteiger partial charge is 0.166 e. The lowest BCUT2D eigenvalue weighted by Crippen LogP contribution is -1.98. The van der Waals surface area contributed by atoms with Crippen LogP contribution in [0.2, 0.25) is 0 Å². The van der Waals surface area contributed by atoms with Crippen molar-refractivity contribution in [1.29, 1.82) is 0 Å². The van der Waals surface area contributed by atoms with Crippen molar-refractivity contribution in [1.82, 2.24) is 4.57 Å². The second kappa shape index (κ2) is 3.63. The largest absolute Gasteiger partial charge is 0.314 e. The van der Waals surface area contributed by atoms with Gasteiger partial charge in [0.1, 0.15) is 0 Å². The lowest BCUT2D eigenvalue weighted by molar-refractivity contribution is 0.111. The summed E-state index contributed by atoms with van der Waals surface area (Å²) in [6.45, 7) is 0. The molecule has 3 rings (SSSR count). The molecule has 1 heterocycles. The van der Waals surface area contributed by atoms with Gasteiger partial charge < -0.3 is 4.57 Å². The number of carbonyl (C=O) groups excluding carboxylic acids is 1. The molecular formula is C14H13NO. The molecule has 1 aromatic carbocycles. The number of carbonyl (C=O) groups is 1. The summed E-state index contributed by atoms with van der Waals surface area (Å²) in [6, 6.07) is 10.2. The molecule has 0 atom stereocenters. The zero-order valence-corrected chi connectivity index (χ0v) is 9.02. The van der Waals surface area contributed by atoms with E-state index in [-0.39, 0.29) is 0 Å². The van der Waals surface area contributed by atoms with Crippen LogP contribution in [0.4, 0.5) is 0 Å². The molecule has 1 aliphatic carbocycles. The highest BCUT2D eigenvalue weighted by Gasteiger charge is 2.11. The van der Waals surface area contributed by atoms with Crippen LogP contribution in [0.5, 0.6) is 0 Å². The maximum absolute atomic E-state index is 10.9. The Balaban J connectivity index is 2.10. The molecule has 0 fully saturated rings. The van der Waals surface area contributed by atoms with E-state index >= 15 is 0 Å². The first kappa shape index (κ1) is 9.40. The zero-order chi connectivity index (χ0) is 11.0. The molecule has 0 bridgehead atoms. The topological polar surface area (TPSA) is 22.0 Å². The molecule has 0 N–H and O–H groups in total. The molecule has 2 aromatic rings. The molecule has 16 heavy (non-hydrogen) atoms. The Hall–Kier alpha value is -1.83. The number of aromatic nitrogens is 1. The van der Waals surface area contributed by atoms with Gasteiger partial charge in [0.15, 0.2) is 6.29 Å². The van der Waals surface area contributed by atoms with Gasteiger partial charge in [-0.25, -0.2) is 0 Å². The Labute approximate surface area is 94.5 Å². The molecule has 80 valence electrons. The van der Waals surface area contributed by atoms with Crippen LogP contribution in [0.3, 0.4) is 0 Å². The van der Waals surface area contributed by atoms with Crippen molar-refractivity contribution in [3.05, 3.63) is 53.3 Å². The van der Waals surface area contributed by atoms with Crippen molar-refractivity contribution in [3.63, 3.8) is 0 Å². The maximum Gasteiger partial charge on any atom is 0.166 e. The van der Waals surface area contributed by atoms with Crippen LogP contribution in [-0.4, -0.2) is 10.9 Å². The van der Waals surface area contributed by atoms with Gasteiger partial charge in [-0.2, -0.15) is 0 Å². The van der Waals surface area contributed by atoms with E-state index in [1.54, 1.807) is 0 Å². The number of fused-ring (bicyclic) bond motifs is 1. The monoisotopic (exact) mass is 211 g/mol. The predicted octanol–water partition coefficient (Wildman–Crippen LogP) is 2.78. The fourth-order valence-electron chi connectivity index (χ4n) is 2.43. The Morgan fingerprint density at radius 1 is 1.12 bits per heavy atom. The number of nitrogens with zero attached hydrogens (tertiary/aromatic N) is 1. The summed E-state index contributed by atoms with van der Waals surface area (Å²) in [6.07, 6.45) is 6.45. The van der Waals surface area contributed by atoms with Gasteiger partial charge in [-0.05, 0) is 54.7 Å². The third-order valence-corrected chi connectivity index (χ3v) is 3.26. The van der Waals surface area contributed by atoms with Gasteiger partial charge in [0.05, 0.1) is 5.69 Å². The molecular weight excluding hydrogens is 198 g/mol. The van der Waals surface area contributed by atoms with Crippen molar-refractivity contribution in [2.75, 3.05) is 0 Å². The normalized spacial score (nSPS) is 13.8. The van der Waals surface area contributed by atoms with Gasteiger partial charge in [-0.3, -0.25) is 4.79 Å². The summed E-state index contributed by atoms with van der Waals surface area (Å²) < 4.78 is 1.94. The first-order valence-corrected chi connectivity index (χ1v) is 5.63. The van der Waals surface area contributed by atoms with Crippen LogP contribution in [0.1, 0.15) is 28.0 Å².